The highest BCUT2D eigenvalue weighted by Gasteiger charge is 2.19. The average molecular weight is 292 g/mol. The average Bonchev–Trinajstić information content (AvgIpc) is 2.58. The summed E-state index contributed by atoms with van der Waals surface area (Å²) in [5, 5.41) is 12.3. The van der Waals surface area contributed by atoms with Crippen LogP contribution in [0.1, 0.15) is 24.1 Å². The monoisotopic (exact) mass is 292 g/mol. The molecule has 1 aromatic carbocycles. The van der Waals surface area contributed by atoms with E-state index in [4.69, 9.17) is 5.26 Å². The molecule has 1 aliphatic heterocycles. The van der Waals surface area contributed by atoms with Crippen molar-refractivity contribution in [1.82, 2.24) is 9.88 Å². The van der Waals surface area contributed by atoms with Crippen molar-refractivity contribution in [2.45, 2.75) is 25.4 Å². The van der Waals surface area contributed by atoms with Crippen molar-refractivity contribution < 1.29 is 0 Å². The molecule has 0 amide bonds. The largest absolute Gasteiger partial charge is 0.381 e. The molecular formula is C18H20N4. The van der Waals surface area contributed by atoms with E-state index in [-0.39, 0.29) is 0 Å². The number of anilines is 1. The van der Waals surface area contributed by atoms with Crippen LogP contribution >= 0.6 is 0 Å². The van der Waals surface area contributed by atoms with Crippen LogP contribution < -0.4 is 5.32 Å². The Morgan fingerprint density at radius 3 is 2.55 bits per heavy atom. The van der Waals surface area contributed by atoms with Gasteiger partial charge in [-0.1, -0.05) is 30.3 Å². The van der Waals surface area contributed by atoms with Crippen molar-refractivity contribution >= 4 is 5.69 Å². The van der Waals surface area contributed by atoms with Gasteiger partial charge in [-0.05, 0) is 30.5 Å². The summed E-state index contributed by atoms with van der Waals surface area (Å²) in [5.74, 6) is 0. The lowest BCUT2D eigenvalue weighted by molar-refractivity contribution is 0.211. The van der Waals surface area contributed by atoms with Crippen LogP contribution in [0, 0.1) is 11.3 Å². The first kappa shape index (κ1) is 14.6. The van der Waals surface area contributed by atoms with E-state index in [1.807, 2.05) is 12.1 Å². The zero-order valence-electron chi connectivity index (χ0n) is 12.6. The first-order chi connectivity index (χ1) is 10.8. The Kier molecular flexibility index (Phi) is 4.67. The normalized spacial score (nSPS) is 16.1. The van der Waals surface area contributed by atoms with Gasteiger partial charge in [0.25, 0.3) is 0 Å². The maximum atomic E-state index is 8.76. The van der Waals surface area contributed by atoms with E-state index >= 15 is 0 Å². The van der Waals surface area contributed by atoms with E-state index in [9.17, 15) is 0 Å². The number of nitrogens with one attached hydrogen (secondary N) is 1. The number of rotatable bonds is 4. The summed E-state index contributed by atoms with van der Waals surface area (Å²) >= 11 is 0. The van der Waals surface area contributed by atoms with Crippen molar-refractivity contribution in [3.8, 4) is 6.07 Å². The molecule has 0 unspecified atom stereocenters. The molecule has 22 heavy (non-hydrogen) atoms. The van der Waals surface area contributed by atoms with E-state index in [1.165, 1.54) is 5.56 Å². The molecule has 1 aromatic heterocycles. The number of benzene rings is 1. The maximum Gasteiger partial charge on any atom is 0.140 e. The molecule has 1 aliphatic rings. The predicted molar refractivity (Wildman–Crippen MR) is 87.3 cm³/mol. The summed E-state index contributed by atoms with van der Waals surface area (Å²) in [6, 6.07) is 16.9. The second-order valence-corrected chi connectivity index (χ2v) is 5.72. The Balaban J connectivity index is 1.48. The Morgan fingerprint density at radius 2 is 1.91 bits per heavy atom. The summed E-state index contributed by atoms with van der Waals surface area (Å²) in [5.41, 5.74) is 2.84. The molecule has 0 bridgehead atoms. The van der Waals surface area contributed by atoms with Crippen molar-refractivity contribution in [3.63, 3.8) is 0 Å². The van der Waals surface area contributed by atoms with E-state index < -0.39 is 0 Å². The van der Waals surface area contributed by atoms with Crippen LogP contribution in [-0.4, -0.2) is 29.0 Å². The highest BCUT2D eigenvalue weighted by Crippen LogP contribution is 2.18. The predicted octanol–water partition coefficient (Wildman–Crippen LogP) is 3.03. The Labute approximate surface area is 131 Å². The molecule has 1 N–H and O–H groups in total. The van der Waals surface area contributed by atoms with E-state index in [1.54, 1.807) is 12.3 Å². The summed E-state index contributed by atoms with van der Waals surface area (Å²) in [7, 11) is 0. The van der Waals surface area contributed by atoms with E-state index in [2.05, 4.69) is 45.5 Å². The number of nitrogens with zero attached hydrogens (tertiary/aromatic N) is 3. The number of hydrogen-bond acceptors (Lipinski definition) is 4. The molecule has 3 rings (SSSR count). The fourth-order valence-corrected chi connectivity index (χ4v) is 2.86. The Hall–Kier alpha value is -2.38. The minimum atomic E-state index is 0.461. The lowest BCUT2D eigenvalue weighted by Gasteiger charge is -2.32. The van der Waals surface area contributed by atoms with Crippen molar-refractivity contribution in [1.29, 1.82) is 5.26 Å². The summed E-state index contributed by atoms with van der Waals surface area (Å²) in [6.45, 7) is 3.25. The third-order valence-electron chi connectivity index (χ3n) is 4.09. The quantitative estimate of drug-likeness (QED) is 0.941. The third-order valence-corrected chi connectivity index (χ3v) is 4.09. The first-order valence-corrected chi connectivity index (χ1v) is 7.72. The lowest BCUT2D eigenvalue weighted by atomic mass is 10.0. The third kappa shape index (κ3) is 3.84. The van der Waals surface area contributed by atoms with Gasteiger partial charge in [0, 0.05) is 25.7 Å². The van der Waals surface area contributed by atoms with Crippen LogP contribution in [0.25, 0.3) is 0 Å². The van der Waals surface area contributed by atoms with Crippen molar-refractivity contribution in [2.24, 2.45) is 0 Å². The number of pyridine rings is 1. The van der Waals surface area contributed by atoms with E-state index in [0.29, 0.717) is 11.7 Å². The van der Waals surface area contributed by atoms with E-state index in [0.717, 1.165) is 38.2 Å². The molecule has 4 heteroatoms. The number of piperidine rings is 1. The van der Waals surface area contributed by atoms with Gasteiger partial charge >= 0.3 is 0 Å². The molecule has 1 saturated heterocycles. The first-order valence-electron chi connectivity index (χ1n) is 7.72. The van der Waals surface area contributed by atoms with Crippen LogP contribution in [-0.2, 0) is 6.54 Å². The second kappa shape index (κ2) is 7.06. The SMILES string of the molecule is N#Cc1ccc(NC2CCN(Cc3ccccc3)CC2)cn1. The molecule has 0 spiro atoms. The van der Waals surface area contributed by atoms with Crippen molar-refractivity contribution in [3.05, 3.63) is 59.9 Å². The Morgan fingerprint density at radius 1 is 1.14 bits per heavy atom. The van der Waals surface area contributed by atoms with Gasteiger partial charge in [-0.15, -0.1) is 0 Å². The fraction of sp³-hybridized carbons (Fsp3) is 0.333. The lowest BCUT2D eigenvalue weighted by Crippen LogP contribution is -2.38. The van der Waals surface area contributed by atoms with Crippen LogP contribution in [0.2, 0.25) is 0 Å². The van der Waals surface area contributed by atoms with Crippen LogP contribution in [0.3, 0.4) is 0 Å². The molecule has 0 saturated carbocycles. The van der Waals surface area contributed by atoms with Gasteiger partial charge in [0.15, 0.2) is 0 Å². The highest BCUT2D eigenvalue weighted by molar-refractivity contribution is 5.43. The molecule has 2 heterocycles. The molecule has 4 nitrogen and oxygen atoms in total. The van der Waals surface area contributed by atoms with Crippen LogP contribution in [0.4, 0.5) is 5.69 Å². The van der Waals surface area contributed by atoms with Crippen LogP contribution in [0.5, 0.6) is 0 Å². The van der Waals surface area contributed by atoms with Crippen LogP contribution in [0.15, 0.2) is 48.7 Å². The summed E-state index contributed by atoms with van der Waals surface area (Å²) in [4.78, 5) is 6.60. The number of likely N-dealkylation sites (tertiary alicyclic amines) is 1. The zero-order chi connectivity index (χ0) is 15.2. The van der Waals surface area contributed by atoms with Gasteiger partial charge in [0.1, 0.15) is 11.8 Å². The number of nitriles is 1. The summed E-state index contributed by atoms with van der Waals surface area (Å²) in [6.07, 6.45) is 4.01. The molecule has 0 aliphatic carbocycles. The summed E-state index contributed by atoms with van der Waals surface area (Å²) < 4.78 is 0. The molecule has 2 aromatic rings. The molecular weight excluding hydrogens is 272 g/mol. The van der Waals surface area contributed by atoms with Gasteiger partial charge in [0.05, 0.1) is 11.9 Å². The minimum absolute atomic E-state index is 0.461. The fourth-order valence-electron chi connectivity index (χ4n) is 2.86. The molecule has 0 radical (unpaired) electrons. The zero-order valence-corrected chi connectivity index (χ0v) is 12.6. The van der Waals surface area contributed by atoms with Crippen molar-refractivity contribution in [2.75, 3.05) is 18.4 Å². The minimum Gasteiger partial charge on any atom is -0.381 e. The molecule has 112 valence electrons. The van der Waals surface area contributed by atoms with Gasteiger partial charge in [-0.2, -0.15) is 5.26 Å². The van der Waals surface area contributed by atoms with Gasteiger partial charge in [-0.25, -0.2) is 4.98 Å². The Bertz CT molecular complexity index is 622. The standard InChI is InChI=1S/C18H20N4/c19-12-17-6-7-18(13-20-17)21-16-8-10-22(11-9-16)14-15-4-2-1-3-5-15/h1-7,13,16,21H,8-11,14H2. The number of hydrogen-bond donors (Lipinski definition) is 1. The van der Waals surface area contributed by atoms with Gasteiger partial charge in [-0.3, -0.25) is 4.90 Å². The number of aromatic nitrogens is 1. The molecule has 1 fully saturated rings. The van der Waals surface area contributed by atoms with Gasteiger partial charge < -0.3 is 5.32 Å². The smallest absolute Gasteiger partial charge is 0.140 e. The van der Waals surface area contributed by atoms with Gasteiger partial charge in [0.2, 0.25) is 0 Å². The second-order valence-electron chi connectivity index (χ2n) is 5.72. The topological polar surface area (TPSA) is 52.0 Å². The molecule has 0 atom stereocenters. The highest BCUT2D eigenvalue weighted by atomic mass is 15.1. The maximum absolute atomic E-state index is 8.76.